The Morgan fingerprint density at radius 2 is 1.83 bits per heavy atom. The van der Waals surface area contributed by atoms with Gasteiger partial charge in [0.05, 0.1) is 4.92 Å². The van der Waals surface area contributed by atoms with E-state index >= 15 is 0 Å². The van der Waals surface area contributed by atoms with Crippen LogP contribution in [0.15, 0.2) is 58.4 Å². The molecular formula is C15H10N4O4S. The van der Waals surface area contributed by atoms with Gasteiger partial charge in [0.15, 0.2) is 0 Å². The molecule has 0 unspecified atom stereocenters. The second kappa shape index (κ2) is 7.01. The Morgan fingerprint density at radius 3 is 2.50 bits per heavy atom. The first-order valence-corrected chi connectivity index (χ1v) is 7.61. The van der Waals surface area contributed by atoms with Crippen LogP contribution in [0.25, 0.3) is 11.5 Å². The molecule has 2 aromatic heterocycles. The zero-order valence-corrected chi connectivity index (χ0v) is 13.0. The fraction of sp³-hybridized carbons (Fsp3) is 0.0667. The SMILES string of the molecule is O=C(Cc1ccc([N+](=O)[O-])cc1)Sc1nnc(-c2ccncc2)o1. The molecule has 0 spiro atoms. The number of pyridine rings is 1. The molecule has 120 valence electrons. The molecule has 1 aromatic carbocycles. The molecule has 0 amide bonds. The predicted molar refractivity (Wildman–Crippen MR) is 85.2 cm³/mol. The van der Waals surface area contributed by atoms with Crippen LogP contribution in [-0.4, -0.2) is 25.2 Å². The van der Waals surface area contributed by atoms with Crippen LogP contribution in [0.3, 0.4) is 0 Å². The summed E-state index contributed by atoms with van der Waals surface area (Å²) in [5.41, 5.74) is 1.37. The second-order valence-electron chi connectivity index (χ2n) is 4.68. The standard InChI is InChI=1S/C15H10N4O4S/c20-13(9-10-1-3-12(4-2-10)19(21)22)24-15-18-17-14(23-15)11-5-7-16-8-6-11/h1-8H,9H2. The van der Waals surface area contributed by atoms with Crippen LogP contribution < -0.4 is 0 Å². The fourth-order valence-electron chi connectivity index (χ4n) is 1.90. The van der Waals surface area contributed by atoms with Crippen LogP contribution in [0, 0.1) is 10.1 Å². The molecule has 0 aliphatic carbocycles. The minimum absolute atomic E-state index is 0.0160. The second-order valence-corrected chi connectivity index (χ2v) is 5.69. The number of thioether (sulfide) groups is 1. The van der Waals surface area contributed by atoms with Gasteiger partial charge >= 0.3 is 0 Å². The molecule has 0 N–H and O–H groups in total. The number of nitro groups is 1. The number of hydrogen-bond donors (Lipinski definition) is 0. The molecule has 24 heavy (non-hydrogen) atoms. The van der Waals surface area contributed by atoms with Crippen molar-refractivity contribution in [1.82, 2.24) is 15.2 Å². The Kier molecular flexibility index (Phi) is 4.62. The van der Waals surface area contributed by atoms with Gasteiger partial charge in [-0.3, -0.25) is 19.9 Å². The number of non-ortho nitro benzene ring substituents is 1. The molecule has 3 aromatic rings. The summed E-state index contributed by atoms with van der Waals surface area (Å²) < 4.78 is 5.43. The Bertz CT molecular complexity index is 865. The van der Waals surface area contributed by atoms with Gasteiger partial charge in [-0.2, -0.15) is 0 Å². The van der Waals surface area contributed by atoms with Crippen molar-refractivity contribution in [3.05, 3.63) is 64.5 Å². The summed E-state index contributed by atoms with van der Waals surface area (Å²) in [5, 5.41) is 18.3. The molecule has 0 saturated carbocycles. The highest BCUT2D eigenvalue weighted by molar-refractivity contribution is 8.13. The number of aromatic nitrogens is 3. The van der Waals surface area contributed by atoms with E-state index in [1.807, 2.05) is 0 Å². The number of hydrogen-bond acceptors (Lipinski definition) is 8. The summed E-state index contributed by atoms with van der Waals surface area (Å²) in [5.74, 6) is 0.308. The molecule has 0 bridgehead atoms. The normalized spacial score (nSPS) is 10.5. The number of nitrogens with zero attached hydrogens (tertiary/aromatic N) is 4. The highest BCUT2D eigenvalue weighted by atomic mass is 32.2. The third-order valence-electron chi connectivity index (χ3n) is 3.03. The monoisotopic (exact) mass is 342 g/mol. The zero-order valence-electron chi connectivity index (χ0n) is 12.2. The van der Waals surface area contributed by atoms with Crippen LogP contribution in [0.2, 0.25) is 0 Å². The lowest BCUT2D eigenvalue weighted by atomic mass is 10.1. The maximum Gasteiger partial charge on any atom is 0.284 e. The largest absolute Gasteiger partial charge is 0.411 e. The van der Waals surface area contributed by atoms with E-state index in [1.165, 1.54) is 12.1 Å². The Hall–Kier alpha value is -3.07. The van der Waals surface area contributed by atoms with E-state index in [2.05, 4.69) is 15.2 Å². The molecule has 0 fully saturated rings. The topological polar surface area (TPSA) is 112 Å². The van der Waals surface area contributed by atoms with E-state index in [0.29, 0.717) is 17.0 Å². The average molecular weight is 342 g/mol. The van der Waals surface area contributed by atoms with Gasteiger partial charge in [-0.15, -0.1) is 10.2 Å². The van der Waals surface area contributed by atoms with Crippen LogP contribution >= 0.6 is 11.8 Å². The lowest BCUT2D eigenvalue weighted by Gasteiger charge is -1.98. The van der Waals surface area contributed by atoms with E-state index in [1.54, 1.807) is 36.7 Å². The van der Waals surface area contributed by atoms with Gasteiger partial charge in [0.2, 0.25) is 11.0 Å². The number of nitro benzene ring substituents is 1. The van der Waals surface area contributed by atoms with Gasteiger partial charge in [-0.05, 0) is 17.7 Å². The number of carbonyl (C=O) groups is 1. The number of rotatable bonds is 5. The molecule has 0 aliphatic heterocycles. The van der Waals surface area contributed by atoms with Crippen molar-refractivity contribution >= 4 is 22.6 Å². The molecule has 0 radical (unpaired) electrons. The van der Waals surface area contributed by atoms with Gasteiger partial charge in [0.1, 0.15) is 0 Å². The third-order valence-corrected chi connectivity index (χ3v) is 3.74. The Labute approximate surface area is 140 Å². The van der Waals surface area contributed by atoms with E-state index in [-0.39, 0.29) is 22.4 Å². The van der Waals surface area contributed by atoms with Crippen LogP contribution in [0.4, 0.5) is 5.69 Å². The fourth-order valence-corrected chi connectivity index (χ4v) is 2.53. The molecule has 0 aliphatic rings. The van der Waals surface area contributed by atoms with E-state index in [9.17, 15) is 14.9 Å². The summed E-state index contributed by atoms with van der Waals surface area (Å²) in [4.78, 5) is 26.0. The lowest BCUT2D eigenvalue weighted by Crippen LogP contribution is -1.98. The molecule has 8 nitrogen and oxygen atoms in total. The molecule has 9 heteroatoms. The molecule has 3 rings (SSSR count). The highest BCUT2D eigenvalue weighted by Crippen LogP contribution is 2.24. The van der Waals surface area contributed by atoms with Crippen LogP contribution in [0.1, 0.15) is 5.56 Å². The van der Waals surface area contributed by atoms with E-state index < -0.39 is 4.92 Å². The van der Waals surface area contributed by atoms with E-state index in [0.717, 1.165) is 11.8 Å². The Balaban J connectivity index is 1.63. The highest BCUT2D eigenvalue weighted by Gasteiger charge is 2.14. The van der Waals surface area contributed by atoms with Crippen molar-refractivity contribution in [2.75, 3.05) is 0 Å². The Morgan fingerprint density at radius 1 is 1.12 bits per heavy atom. The van der Waals surface area contributed by atoms with Crippen molar-refractivity contribution in [2.24, 2.45) is 0 Å². The maximum atomic E-state index is 12.0. The summed E-state index contributed by atoms with van der Waals surface area (Å²) >= 11 is 0.836. The maximum absolute atomic E-state index is 12.0. The van der Waals surface area contributed by atoms with Crippen molar-refractivity contribution in [2.45, 2.75) is 11.6 Å². The quantitative estimate of drug-likeness (QED) is 0.395. The smallest absolute Gasteiger partial charge is 0.284 e. The first kappa shape index (κ1) is 15.8. The number of carbonyl (C=O) groups excluding carboxylic acids is 1. The van der Waals surface area contributed by atoms with Crippen molar-refractivity contribution in [1.29, 1.82) is 0 Å². The molecular weight excluding hydrogens is 332 g/mol. The summed E-state index contributed by atoms with van der Waals surface area (Å²) in [6.07, 6.45) is 3.31. The van der Waals surface area contributed by atoms with Gasteiger partial charge < -0.3 is 4.42 Å². The van der Waals surface area contributed by atoms with Gasteiger partial charge in [-0.1, -0.05) is 12.1 Å². The minimum Gasteiger partial charge on any atom is -0.411 e. The van der Waals surface area contributed by atoms with Crippen molar-refractivity contribution in [3.63, 3.8) is 0 Å². The van der Waals surface area contributed by atoms with Crippen LogP contribution in [-0.2, 0) is 11.2 Å². The zero-order chi connectivity index (χ0) is 16.9. The van der Waals surface area contributed by atoms with E-state index in [4.69, 9.17) is 4.42 Å². The predicted octanol–water partition coefficient (Wildman–Crippen LogP) is 2.90. The van der Waals surface area contributed by atoms with Crippen molar-refractivity contribution in [3.8, 4) is 11.5 Å². The summed E-state index contributed by atoms with van der Waals surface area (Å²) in [6, 6.07) is 9.27. The third kappa shape index (κ3) is 3.82. The van der Waals surface area contributed by atoms with Gasteiger partial charge in [-0.25, -0.2) is 0 Å². The van der Waals surface area contributed by atoms with Gasteiger partial charge in [0, 0.05) is 48.3 Å². The molecule has 2 heterocycles. The minimum atomic E-state index is -0.487. The average Bonchev–Trinajstić information content (AvgIpc) is 3.04. The molecule has 0 saturated heterocycles. The van der Waals surface area contributed by atoms with Crippen molar-refractivity contribution < 1.29 is 14.1 Å². The first-order valence-electron chi connectivity index (χ1n) is 6.80. The van der Waals surface area contributed by atoms with Gasteiger partial charge in [0.25, 0.3) is 10.9 Å². The molecule has 0 atom stereocenters. The lowest BCUT2D eigenvalue weighted by molar-refractivity contribution is -0.384. The summed E-state index contributed by atoms with van der Waals surface area (Å²) in [6.45, 7) is 0. The number of benzene rings is 1. The first-order chi connectivity index (χ1) is 11.6. The van der Waals surface area contributed by atoms with Crippen LogP contribution in [0.5, 0.6) is 0 Å². The summed E-state index contributed by atoms with van der Waals surface area (Å²) in [7, 11) is 0.